The molecular formula is C12H8ClNOS. The Balaban J connectivity index is 2.38. The summed E-state index contributed by atoms with van der Waals surface area (Å²) in [5.41, 5.74) is 0.606. The van der Waals surface area contributed by atoms with Crippen LogP contribution in [0.2, 0.25) is 5.02 Å². The van der Waals surface area contributed by atoms with Gasteiger partial charge in [-0.05, 0) is 18.2 Å². The summed E-state index contributed by atoms with van der Waals surface area (Å²) in [6.07, 6.45) is 4.23. The Labute approximate surface area is 103 Å². The van der Waals surface area contributed by atoms with E-state index in [0.29, 0.717) is 10.6 Å². The van der Waals surface area contributed by atoms with Gasteiger partial charge in [-0.3, -0.25) is 9.78 Å². The normalized spacial score (nSPS) is 10.1. The molecule has 2 nitrogen and oxygen atoms in total. The smallest absolute Gasteiger partial charge is 0.151 e. The van der Waals surface area contributed by atoms with Crippen LogP contribution in [0.5, 0.6) is 0 Å². The van der Waals surface area contributed by atoms with Crippen molar-refractivity contribution >= 4 is 29.6 Å². The van der Waals surface area contributed by atoms with Crippen molar-refractivity contribution in [2.24, 2.45) is 0 Å². The molecule has 0 bridgehead atoms. The zero-order valence-corrected chi connectivity index (χ0v) is 9.83. The van der Waals surface area contributed by atoms with Crippen LogP contribution in [0.3, 0.4) is 0 Å². The van der Waals surface area contributed by atoms with E-state index in [1.807, 2.05) is 12.1 Å². The first-order valence-electron chi connectivity index (χ1n) is 4.63. The summed E-state index contributed by atoms with van der Waals surface area (Å²) in [6.45, 7) is 0. The van der Waals surface area contributed by atoms with Gasteiger partial charge in [-0.1, -0.05) is 35.5 Å². The van der Waals surface area contributed by atoms with E-state index >= 15 is 0 Å². The van der Waals surface area contributed by atoms with E-state index in [-0.39, 0.29) is 0 Å². The van der Waals surface area contributed by atoms with Gasteiger partial charge in [0.25, 0.3) is 0 Å². The monoisotopic (exact) mass is 249 g/mol. The molecule has 0 aliphatic heterocycles. The quantitative estimate of drug-likeness (QED) is 0.777. The molecule has 0 amide bonds. The molecule has 0 saturated carbocycles. The SMILES string of the molecule is O=Cc1cccc(Cl)c1Sc1ccncc1. The highest BCUT2D eigenvalue weighted by Gasteiger charge is 2.07. The largest absolute Gasteiger partial charge is 0.298 e. The van der Waals surface area contributed by atoms with Crippen molar-refractivity contribution in [1.82, 2.24) is 4.98 Å². The van der Waals surface area contributed by atoms with E-state index in [9.17, 15) is 4.79 Å². The Hall–Kier alpha value is -1.32. The zero-order chi connectivity index (χ0) is 11.4. The van der Waals surface area contributed by atoms with Crippen LogP contribution < -0.4 is 0 Å². The van der Waals surface area contributed by atoms with Gasteiger partial charge >= 0.3 is 0 Å². The maximum absolute atomic E-state index is 10.9. The number of benzene rings is 1. The van der Waals surface area contributed by atoms with Crippen LogP contribution in [0.15, 0.2) is 52.5 Å². The van der Waals surface area contributed by atoms with Crippen LogP contribution in [0.4, 0.5) is 0 Å². The maximum atomic E-state index is 10.9. The predicted octanol–water partition coefficient (Wildman–Crippen LogP) is 3.70. The van der Waals surface area contributed by atoms with E-state index in [4.69, 9.17) is 11.6 Å². The van der Waals surface area contributed by atoms with Gasteiger partial charge in [0.15, 0.2) is 6.29 Å². The lowest BCUT2D eigenvalue weighted by Crippen LogP contribution is -1.86. The fourth-order valence-corrected chi connectivity index (χ4v) is 2.44. The molecule has 0 saturated heterocycles. The number of carbonyl (C=O) groups is 1. The topological polar surface area (TPSA) is 30.0 Å². The molecule has 2 aromatic rings. The molecule has 2 rings (SSSR count). The van der Waals surface area contributed by atoms with Gasteiger partial charge in [0, 0.05) is 27.7 Å². The number of nitrogens with zero attached hydrogens (tertiary/aromatic N) is 1. The number of aromatic nitrogens is 1. The van der Waals surface area contributed by atoms with Crippen molar-refractivity contribution in [1.29, 1.82) is 0 Å². The first-order chi connectivity index (χ1) is 7.81. The molecule has 0 fully saturated rings. The van der Waals surface area contributed by atoms with Crippen LogP contribution in [-0.2, 0) is 0 Å². The summed E-state index contributed by atoms with van der Waals surface area (Å²) in [5.74, 6) is 0. The van der Waals surface area contributed by atoms with Gasteiger partial charge in [0.05, 0.1) is 5.02 Å². The lowest BCUT2D eigenvalue weighted by atomic mass is 10.2. The summed E-state index contributed by atoms with van der Waals surface area (Å²) in [7, 11) is 0. The Bertz CT molecular complexity index is 502. The van der Waals surface area contributed by atoms with Crippen LogP contribution in [0.1, 0.15) is 10.4 Å². The number of hydrogen-bond acceptors (Lipinski definition) is 3. The van der Waals surface area contributed by atoms with Gasteiger partial charge < -0.3 is 0 Å². The Morgan fingerprint density at radius 2 is 1.94 bits per heavy atom. The lowest BCUT2D eigenvalue weighted by molar-refractivity contribution is 0.112. The van der Waals surface area contributed by atoms with Crippen molar-refractivity contribution in [3.63, 3.8) is 0 Å². The summed E-state index contributed by atoms with van der Waals surface area (Å²) in [4.78, 5) is 16.6. The molecule has 16 heavy (non-hydrogen) atoms. The molecule has 80 valence electrons. The molecule has 1 aromatic heterocycles. The number of pyridine rings is 1. The van der Waals surface area contributed by atoms with Crippen LogP contribution in [0, 0.1) is 0 Å². The zero-order valence-electron chi connectivity index (χ0n) is 8.26. The summed E-state index contributed by atoms with van der Waals surface area (Å²) < 4.78 is 0. The number of rotatable bonds is 3. The highest BCUT2D eigenvalue weighted by molar-refractivity contribution is 7.99. The minimum absolute atomic E-state index is 0.589. The third-order valence-electron chi connectivity index (χ3n) is 1.99. The van der Waals surface area contributed by atoms with Gasteiger partial charge in [-0.2, -0.15) is 0 Å². The van der Waals surface area contributed by atoms with Gasteiger partial charge in [-0.15, -0.1) is 0 Å². The highest BCUT2D eigenvalue weighted by atomic mass is 35.5. The van der Waals surface area contributed by atoms with Crippen LogP contribution in [0.25, 0.3) is 0 Å². The van der Waals surface area contributed by atoms with Crippen molar-refractivity contribution < 1.29 is 4.79 Å². The summed E-state index contributed by atoms with van der Waals surface area (Å²) >= 11 is 7.52. The average Bonchev–Trinajstić information content (AvgIpc) is 2.33. The van der Waals surface area contributed by atoms with E-state index in [0.717, 1.165) is 16.1 Å². The minimum Gasteiger partial charge on any atom is -0.298 e. The van der Waals surface area contributed by atoms with E-state index < -0.39 is 0 Å². The van der Waals surface area contributed by atoms with Crippen LogP contribution in [-0.4, -0.2) is 11.3 Å². The van der Waals surface area contributed by atoms with Crippen molar-refractivity contribution in [3.05, 3.63) is 53.3 Å². The van der Waals surface area contributed by atoms with Crippen molar-refractivity contribution in [2.45, 2.75) is 9.79 Å². The van der Waals surface area contributed by atoms with E-state index in [1.165, 1.54) is 11.8 Å². The molecular weight excluding hydrogens is 242 g/mol. The third kappa shape index (κ3) is 2.43. The molecule has 0 unspecified atom stereocenters. The number of halogens is 1. The lowest BCUT2D eigenvalue weighted by Gasteiger charge is -2.06. The molecule has 0 spiro atoms. The number of aldehydes is 1. The van der Waals surface area contributed by atoms with E-state index in [1.54, 1.807) is 30.6 Å². The van der Waals surface area contributed by atoms with E-state index in [2.05, 4.69) is 4.98 Å². The standard InChI is InChI=1S/C12H8ClNOS/c13-11-3-1-2-9(8-15)12(11)16-10-4-6-14-7-5-10/h1-8H. The van der Waals surface area contributed by atoms with Crippen LogP contribution >= 0.6 is 23.4 Å². The fraction of sp³-hybridized carbons (Fsp3) is 0. The Morgan fingerprint density at radius 1 is 1.19 bits per heavy atom. The van der Waals surface area contributed by atoms with Gasteiger partial charge in [-0.25, -0.2) is 0 Å². The molecule has 4 heteroatoms. The average molecular weight is 250 g/mol. The Kier molecular flexibility index (Phi) is 3.59. The first kappa shape index (κ1) is 11.2. The number of carbonyl (C=O) groups excluding carboxylic acids is 1. The highest BCUT2D eigenvalue weighted by Crippen LogP contribution is 2.34. The molecule has 0 N–H and O–H groups in total. The second kappa shape index (κ2) is 5.14. The minimum atomic E-state index is 0.589. The number of hydrogen-bond donors (Lipinski definition) is 0. The second-order valence-electron chi connectivity index (χ2n) is 3.06. The Morgan fingerprint density at radius 3 is 2.62 bits per heavy atom. The van der Waals surface area contributed by atoms with Gasteiger partial charge in [0.2, 0.25) is 0 Å². The third-order valence-corrected chi connectivity index (χ3v) is 3.59. The van der Waals surface area contributed by atoms with Crippen molar-refractivity contribution in [3.8, 4) is 0 Å². The first-order valence-corrected chi connectivity index (χ1v) is 5.82. The summed E-state index contributed by atoms with van der Waals surface area (Å²) in [5, 5.41) is 0.589. The van der Waals surface area contributed by atoms with Gasteiger partial charge in [0.1, 0.15) is 0 Å². The predicted molar refractivity (Wildman–Crippen MR) is 65.2 cm³/mol. The summed E-state index contributed by atoms with van der Waals surface area (Å²) in [6, 6.07) is 9.05. The van der Waals surface area contributed by atoms with Crippen molar-refractivity contribution in [2.75, 3.05) is 0 Å². The molecule has 1 heterocycles. The molecule has 0 aliphatic rings. The second-order valence-corrected chi connectivity index (χ2v) is 4.55. The molecule has 1 aromatic carbocycles. The molecule has 0 radical (unpaired) electrons. The molecule has 0 atom stereocenters. The molecule has 0 aliphatic carbocycles. The fourth-order valence-electron chi connectivity index (χ4n) is 1.25. The maximum Gasteiger partial charge on any atom is 0.151 e.